The van der Waals surface area contributed by atoms with E-state index in [1.165, 1.54) is 5.56 Å². The summed E-state index contributed by atoms with van der Waals surface area (Å²) in [5, 5.41) is 7.21. The maximum Gasteiger partial charge on any atom is 0.195 e. The molecular weight excluding hydrogens is 280 g/mol. The molecule has 4 nitrogen and oxygen atoms in total. The van der Waals surface area contributed by atoms with E-state index in [0.717, 1.165) is 30.8 Å². The highest BCUT2D eigenvalue weighted by Gasteiger charge is 2.08. The molecule has 0 aliphatic rings. The average molecular weight is 296 g/mol. The molecule has 2 aromatic heterocycles. The van der Waals surface area contributed by atoms with E-state index in [-0.39, 0.29) is 0 Å². The van der Waals surface area contributed by atoms with Gasteiger partial charge in [0.15, 0.2) is 10.6 Å². The topological polar surface area (TPSA) is 46.5 Å². The van der Waals surface area contributed by atoms with Gasteiger partial charge in [-0.05, 0) is 42.8 Å². The second kappa shape index (κ2) is 6.45. The first-order valence-corrected chi connectivity index (χ1v) is 7.35. The standard InChI is InChI=1S/C16H16N4S/c21-16-19-18-15(14-8-10-17-11-9-14)20(16)12-4-7-13-5-2-1-3-6-13/h1-3,5-6,8-11H,4,7,12H2,(H,19,21). The molecule has 0 atom stereocenters. The van der Waals surface area contributed by atoms with Gasteiger partial charge in [0.1, 0.15) is 0 Å². The van der Waals surface area contributed by atoms with Gasteiger partial charge < -0.3 is 4.57 Å². The van der Waals surface area contributed by atoms with Crippen molar-refractivity contribution in [2.75, 3.05) is 0 Å². The zero-order valence-electron chi connectivity index (χ0n) is 11.6. The van der Waals surface area contributed by atoms with Crippen LogP contribution in [0.3, 0.4) is 0 Å². The molecule has 0 amide bonds. The van der Waals surface area contributed by atoms with Crippen molar-refractivity contribution in [2.24, 2.45) is 0 Å². The lowest BCUT2D eigenvalue weighted by Crippen LogP contribution is -2.02. The van der Waals surface area contributed by atoms with Crippen LogP contribution in [0.15, 0.2) is 54.9 Å². The minimum atomic E-state index is 0.662. The molecule has 0 spiro atoms. The van der Waals surface area contributed by atoms with Crippen molar-refractivity contribution in [3.63, 3.8) is 0 Å². The molecule has 3 aromatic rings. The number of benzene rings is 1. The first-order valence-electron chi connectivity index (χ1n) is 6.94. The lowest BCUT2D eigenvalue weighted by atomic mass is 10.1. The molecule has 21 heavy (non-hydrogen) atoms. The van der Waals surface area contributed by atoms with Crippen molar-refractivity contribution in [3.8, 4) is 11.4 Å². The molecular formula is C16H16N4S. The smallest absolute Gasteiger partial charge is 0.195 e. The maximum atomic E-state index is 5.33. The first-order chi connectivity index (χ1) is 10.3. The molecule has 0 saturated heterocycles. The Hall–Kier alpha value is -2.27. The Bertz CT molecular complexity index is 747. The van der Waals surface area contributed by atoms with Gasteiger partial charge in [-0.15, -0.1) is 0 Å². The Kier molecular flexibility index (Phi) is 4.21. The molecule has 0 aliphatic carbocycles. The summed E-state index contributed by atoms with van der Waals surface area (Å²) in [6, 6.07) is 14.4. The van der Waals surface area contributed by atoms with Gasteiger partial charge in [0.05, 0.1) is 0 Å². The molecule has 0 saturated carbocycles. The molecule has 3 rings (SSSR count). The molecule has 5 heteroatoms. The summed E-state index contributed by atoms with van der Waals surface area (Å²) >= 11 is 5.33. The summed E-state index contributed by atoms with van der Waals surface area (Å²) in [7, 11) is 0. The number of hydrogen-bond donors (Lipinski definition) is 1. The second-order valence-corrected chi connectivity index (χ2v) is 5.22. The minimum Gasteiger partial charge on any atom is -0.300 e. The summed E-state index contributed by atoms with van der Waals surface area (Å²) in [6.45, 7) is 0.849. The van der Waals surface area contributed by atoms with Crippen LogP contribution in [0, 0.1) is 4.77 Å². The number of rotatable bonds is 5. The molecule has 0 radical (unpaired) electrons. The summed E-state index contributed by atoms with van der Waals surface area (Å²) in [4.78, 5) is 4.04. The van der Waals surface area contributed by atoms with Gasteiger partial charge in [0.25, 0.3) is 0 Å². The number of nitrogens with one attached hydrogen (secondary N) is 1. The quantitative estimate of drug-likeness (QED) is 0.731. The van der Waals surface area contributed by atoms with E-state index in [1.807, 2.05) is 22.8 Å². The van der Waals surface area contributed by atoms with Crippen LogP contribution in [0.2, 0.25) is 0 Å². The summed E-state index contributed by atoms with van der Waals surface area (Å²) in [5.74, 6) is 0.871. The van der Waals surface area contributed by atoms with Gasteiger partial charge in [-0.2, -0.15) is 5.10 Å². The molecule has 0 unspecified atom stereocenters. The largest absolute Gasteiger partial charge is 0.300 e. The van der Waals surface area contributed by atoms with Crippen molar-refractivity contribution in [3.05, 3.63) is 65.2 Å². The van der Waals surface area contributed by atoms with E-state index in [2.05, 4.69) is 39.4 Å². The van der Waals surface area contributed by atoms with E-state index in [9.17, 15) is 0 Å². The number of aromatic nitrogens is 4. The zero-order chi connectivity index (χ0) is 14.5. The van der Waals surface area contributed by atoms with Crippen molar-refractivity contribution in [1.29, 1.82) is 0 Å². The van der Waals surface area contributed by atoms with Gasteiger partial charge >= 0.3 is 0 Å². The third-order valence-corrected chi connectivity index (χ3v) is 3.70. The molecule has 0 fully saturated rings. The van der Waals surface area contributed by atoms with E-state index in [4.69, 9.17) is 12.2 Å². The SMILES string of the molecule is S=c1[nH]nc(-c2ccncc2)n1CCCc1ccccc1. The number of nitrogens with zero attached hydrogens (tertiary/aromatic N) is 3. The molecule has 0 aliphatic heterocycles. The number of aromatic amines is 1. The Morgan fingerprint density at radius 2 is 1.81 bits per heavy atom. The number of pyridine rings is 1. The van der Waals surface area contributed by atoms with Crippen LogP contribution in [0.25, 0.3) is 11.4 Å². The van der Waals surface area contributed by atoms with Gasteiger partial charge in [-0.25, -0.2) is 0 Å². The maximum absolute atomic E-state index is 5.33. The lowest BCUT2D eigenvalue weighted by Gasteiger charge is -2.07. The third-order valence-electron chi connectivity index (χ3n) is 3.39. The number of H-pyrrole nitrogens is 1. The molecule has 1 N–H and O–H groups in total. The van der Waals surface area contributed by atoms with Crippen LogP contribution < -0.4 is 0 Å². The van der Waals surface area contributed by atoms with Crippen molar-refractivity contribution < 1.29 is 0 Å². The fourth-order valence-corrected chi connectivity index (χ4v) is 2.56. The van der Waals surface area contributed by atoms with Crippen LogP contribution >= 0.6 is 12.2 Å². The molecule has 2 heterocycles. The number of aryl methyl sites for hydroxylation is 1. The molecule has 106 valence electrons. The Morgan fingerprint density at radius 1 is 1.05 bits per heavy atom. The van der Waals surface area contributed by atoms with Crippen LogP contribution in [0.1, 0.15) is 12.0 Å². The third kappa shape index (κ3) is 3.25. The Balaban J connectivity index is 1.74. The Morgan fingerprint density at radius 3 is 2.57 bits per heavy atom. The van der Waals surface area contributed by atoms with Crippen molar-refractivity contribution >= 4 is 12.2 Å². The zero-order valence-corrected chi connectivity index (χ0v) is 12.4. The molecule has 0 bridgehead atoms. The summed E-state index contributed by atoms with van der Waals surface area (Å²) in [6.07, 6.45) is 5.59. The van der Waals surface area contributed by atoms with Crippen LogP contribution in [-0.2, 0) is 13.0 Å². The van der Waals surface area contributed by atoms with E-state index in [1.54, 1.807) is 12.4 Å². The highest BCUT2D eigenvalue weighted by molar-refractivity contribution is 7.71. The second-order valence-electron chi connectivity index (χ2n) is 4.83. The average Bonchev–Trinajstić information content (AvgIpc) is 2.91. The highest BCUT2D eigenvalue weighted by Crippen LogP contribution is 2.16. The minimum absolute atomic E-state index is 0.662. The molecule has 1 aromatic carbocycles. The lowest BCUT2D eigenvalue weighted by molar-refractivity contribution is 0.639. The first kappa shape index (κ1) is 13.7. The highest BCUT2D eigenvalue weighted by atomic mass is 32.1. The van der Waals surface area contributed by atoms with E-state index >= 15 is 0 Å². The van der Waals surface area contributed by atoms with Gasteiger partial charge in [-0.1, -0.05) is 30.3 Å². The van der Waals surface area contributed by atoms with Gasteiger partial charge in [0, 0.05) is 24.5 Å². The van der Waals surface area contributed by atoms with Crippen LogP contribution in [0.5, 0.6) is 0 Å². The fourth-order valence-electron chi connectivity index (χ4n) is 2.33. The van der Waals surface area contributed by atoms with Gasteiger partial charge in [0.2, 0.25) is 0 Å². The predicted molar refractivity (Wildman–Crippen MR) is 85.4 cm³/mol. The van der Waals surface area contributed by atoms with Crippen LogP contribution in [0.4, 0.5) is 0 Å². The fraction of sp³-hybridized carbons (Fsp3) is 0.188. The van der Waals surface area contributed by atoms with Crippen LogP contribution in [-0.4, -0.2) is 19.7 Å². The summed E-state index contributed by atoms with van der Waals surface area (Å²) in [5.41, 5.74) is 2.37. The predicted octanol–water partition coefficient (Wildman–Crippen LogP) is 3.64. The monoisotopic (exact) mass is 296 g/mol. The van der Waals surface area contributed by atoms with E-state index in [0.29, 0.717) is 4.77 Å². The normalized spacial score (nSPS) is 10.7. The van der Waals surface area contributed by atoms with Crippen molar-refractivity contribution in [1.82, 2.24) is 19.7 Å². The van der Waals surface area contributed by atoms with Crippen molar-refractivity contribution in [2.45, 2.75) is 19.4 Å². The summed E-state index contributed by atoms with van der Waals surface area (Å²) < 4.78 is 2.71. The van der Waals surface area contributed by atoms with Gasteiger partial charge in [-0.3, -0.25) is 10.1 Å². The Labute approximate surface area is 128 Å². The number of hydrogen-bond acceptors (Lipinski definition) is 3. The van der Waals surface area contributed by atoms with E-state index < -0.39 is 0 Å².